The number of nitrogens with one attached hydrogen (secondary N) is 1. The van der Waals surface area contributed by atoms with Gasteiger partial charge in [0.15, 0.2) is 17.2 Å². The van der Waals surface area contributed by atoms with Crippen LogP contribution in [0.15, 0.2) is 78.4 Å². The lowest BCUT2D eigenvalue weighted by molar-refractivity contribution is -0.137. The van der Waals surface area contributed by atoms with E-state index in [9.17, 15) is 18.0 Å². The molecule has 0 aliphatic carbocycles. The largest absolute Gasteiger partial charge is 0.416 e. The summed E-state index contributed by atoms with van der Waals surface area (Å²) in [6.07, 6.45) is -1.14. The average Bonchev–Trinajstić information content (AvgIpc) is 3.51. The van der Waals surface area contributed by atoms with Crippen molar-refractivity contribution in [2.75, 3.05) is 0 Å². The molecule has 0 unspecified atom stereocenters. The second-order valence-corrected chi connectivity index (χ2v) is 8.31. The predicted molar refractivity (Wildman–Crippen MR) is 123 cm³/mol. The second kappa shape index (κ2) is 8.71. The Labute approximate surface area is 195 Å². The Kier molecular flexibility index (Phi) is 5.58. The molecule has 0 aliphatic rings. The average molecular weight is 479 g/mol. The molecule has 170 valence electrons. The summed E-state index contributed by atoms with van der Waals surface area (Å²) in [5, 5.41) is 9.80. The van der Waals surface area contributed by atoms with Gasteiger partial charge in [0.25, 0.3) is 5.91 Å². The summed E-state index contributed by atoms with van der Waals surface area (Å²) in [5.74, 6) is 0.0375. The van der Waals surface area contributed by atoms with Crippen LogP contribution in [0.3, 0.4) is 0 Å². The maximum atomic E-state index is 13.2. The molecular formula is C24H16F3N5OS. The van der Waals surface area contributed by atoms with Gasteiger partial charge in [0.1, 0.15) is 0 Å². The zero-order valence-corrected chi connectivity index (χ0v) is 18.3. The first-order valence-electron chi connectivity index (χ1n) is 10.2. The molecule has 0 saturated carbocycles. The van der Waals surface area contributed by atoms with Gasteiger partial charge in [-0.2, -0.15) is 23.0 Å². The van der Waals surface area contributed by atoms with Crippen LogP contribution in [-0.2, 0) is 12.7 Å². The third-order valence-electron chi connectivity index (χ3n) is 5.17. The number of carbonyl (C=O) groups is 1. The molecule has 1 aromatic carbocycles. The van der Waals surface area contributed by atoms with Crippen molar-refractivity contribution in [2.45, 2.75) is 12.7 Å². The predicted octanol–water partition coefficient (Wildman–Crippen LogP) is 5.49. The number of benzene rings is 1. The van der Waals surface area contributed by atoms with E-state index in [1.165, 1.54) is 28.2 Å². The van der Waals surface area contributed by atoms with Crippen molar-refractivity contribution in [2.24, 2.45) is 0 Å². The molecule has 0 bridgehead atoms. The molecule has 0 saturated heterocycles. The highest BCUT2D eigenvalue weighted by atomic mass is 32.1. The Balaban J connectivity index is 1.52. The van der Waals surface area contributed by atoms with Gasteiger partial charge in [-0.15, -0.1) is 11.3 Å². The smallest absolute Gasteiger partial charge is 0.347 e. The minimum atomic E-state index is -4.41. The molecule has 6 nitrogen and oxygen atoms in total. The maximum absolute atomic E-state index is 13.2. The number of fused-ring (bicyclic) bond motifs is 1. The fourth-order valence-electron chi connectivity index (χ4n) is 3.55. The van der Waals surface area contributed by atoms with Crippen molar-refractivity contribution >= 4 is 28.3 Å². The molecule has 0 fully saturated rings. The summed E-state index contributed by atoms with van der Waals surface area (Å²) >= 11 is 1.53. The molecule has 34 heavy (non-hydrogen) atoms. The standard InChI is InChI=1S/C24H16F3N5OS/c25-24(26,27)16-8-6-15(7-9-16)14-30-23(33)21-20-17(18-4-3-13-34-18)10-12-29-22(20)32(31-21)19-5-1-2-11-28-19/h1-13H,14H2,(H,30,33). The molecule has 0 radical (unpaired) electrons. The molecule has 4 aromatic heterocycles. The quantitative estimate of drug-likeness (QED) is 0.362. The van der Waals surface area contributed by atoms with Crippen LogP contribution in [0, 0.1) is 0 Å². The van der Waals surface area contributed by atoms with Crippen molar-refractivity contribution in [1.82, 2.24) is 25.1 Å². The van der Waals surface area contributed by atoms with Crippen LogP contribution in [0.2, 0.25) is 0 Å². The van der Waals surface area contributed by atoms with Gasteiger partial charge in [0.2, 0.25) is 0 Å². The van der Waals surface area contributed by atoms with E-state index in [4.69, 9.17) is 0 Å². The lowest BCUT2D eigenvalue weighted by Crippen LogP contribution is -2.23. The summed E-state index contributed by atoms with van der Waals surface area (Å²) < 4.78 is 39.9. The van der Waals surface area contributed by atoms with Gasteiger partial charge in [0, 0.05) is 29.4 Å². The topological polar surface area (TPSA) is 72.7 Å². The third kappa shape index (κ3) is 4.15. The van der Waals surface area contributed by atoms with Crippen LogP contribution in [0.25, 0.3) is 27.3 Å². The number of halogens is 3. The minimum Gasteiger partial charge on any atom is -0.347 e. The summed E-state index contributed by atoms with van der Waals surface area (Å²) in [5.41, 5.74) is 1.23. The van der Waals surface area contributed by atoms with E-state index in [1.54, 1.807) is 24.5 Å². The first kappa shape index (κ1) is 21.8. The fourth-order valence-corrected chi connectivity index (χ4v) is 4.31. The number of carbonyl (C=O) groups excluding carboxylic acids is 1. The summed E-state index contributed by atoms with van der Waals surface area (Å²) in [6, 6.07) is 15.7. The van der Waals surface area contributed by atoms with Gasteiger partial charge >= 0.3 is 6.18 Å². The number of rotatable bonds is 5. The zero-order chi connectivity index (χ0) is 23.7. The molecule has 1 amide bonds. The molecule has 0 atom stereocenters. The summed E-state index contributed by atoms with van der Waals surface area (Å²) in [4.78, 5) is 22.9. The Morgan fingerprint density at radius 2 is 1.79 bits per heavy atom. The molecule has 1 N–H and O–H groups in total. The van der Waals surface area contributed by atoms with Crippen LogP contribution >= 0.6 is 11.3 Å². The zero-order valence-electron chi connectivity index (χ0n) is 17.5. The van der Waals surface area contributed by atoms with E-state index < -0.39 is 17.6 Å². The van der Waals surface area contributed by atoms with Crippen molar-refractivity contribution in [3.05, 3.63) is 95.3 Å². The summed E-state index contributed by atoms with van der Waals surface area (Å²) in [7, 11) is 0. The maximum Gasteiger partial charge on any atom is 0.416 e. The van der Waals surface area contributed by atoms with E-state index in [0.717, 1.165) is 22.6 Å². The Morgan fingerprint density at radius 1 is 0.971 bits per heavy atom. The molecular weight excluding hydrogens is 463 g/mol. The van der Waals surface area contributed by atoms with E-state index >= 15 is 0 Å². The Hall–Kier alpha value is -4.05. The molecule has 5 rings (SSSR count). The van der Waals surface area contributed by atoms with E-state index in [-0.39, 0.29) is 12.2 Å². The highest BCUT2D eigenvalue weighted by Gasteiger charge is 2.30. The third-order valence-corrected chi connectivity index (χ3v) is 6.07. The lowest BCUT2D eigenvalue weighted by Gasteiger charge is -2.08. The van der Waals surface area contributed by atoms with Gasteiger partial charge in [0.05, 0.1) is 10.9 Å². The Morgan fingerprint density at radius 3 is 2.47 bits per heavy atom. The van der Waals surface area contributed by atoms with Gasteiger partial charge in [-0.05, 0) is 47.3 Å². The van der Waals surface area contributed by atoms with Crippen LogP contribution in [0.5, 0.6) is 0 Å². The molecule has 0 aliphatic heterocycles. The molecule has 0 spiro atoms. The summed E-state index contributed by atoms with van der Waals surface area (Å²) in [6.45, 7) is 0.0451. The van der Waals surface area contributed by atoms with E-state index in [0.29, 0.717) is 22.4 Å². The first-order valence-corrected chi connectivity index (χ1v) is 11.1. The number of hydrogen-bond donors (Lipinski definition) is 1. The van der Waals surface area contributed by atoms with Crippen LogP contribution in [-0.4, -0.2) is 25.7 Å². The van der Waals surface area contributed by atoms with Crippen LogP contribution < -0.4 is 5.32 Å². The number of alkyl halides is 3. The number of aromatic nitrogens is 4. The van der Waals surface area contributed by atoms with Crippen molar-refractivity contribution in [3.63, 3.8) is 0 Å². The van der Waals surface area contributed by atoms with Crippen molar-refractivity contribution in [3.8, 4) is 16.3 Å². The highest BCUT2D eigenvalue weighted by molar-refractivity contribution is 7.13. The number of amides is 1. The molecule has 5 aromatic rings. The number of pyridine rings is 2. The van der Waals surface area contributed by atoms with Gasteiger partial charge in [-0.25, -0.2) is 9.97 Å². The van der Waals surface area contributed by atoms with Crippen LogP contribution in [0.1, 0.15) is 21.6 Å². The number of nitrogens with zero attached hydrogens (tertiary/aromatic N) is 4. The highest BCUT2D eigenvalue weighted by Crippen LogP contribution is 2.34. The molecule has 10 heteroatoms. The Bertz CT molecular complexity index is 1450. The van der Waals surface area contributed by atoms with Gasteiger partial charge in [-0.3, -0.25) is 4.79 Å². The van der Waals surface area contributed by atoms with Gasteiger partial charge in [-0.1, -0.05) is 24.3 Å². The van der Waals surface area contributed by atoms with Crippen molar-refractivity contribution < 1.29 is 18.0 Å². The van der Waals surface area contributed by atoms with Crippen LogP contribution in [0.4, 0.5) is 13.2 Å². The normalized spacial score (nSPS) is 11.6. The lowest BCUT2D eigenvalue weighted by atomic mass is 10.1. The van der Waals surface area contributed by atoms with E-state index in [1.807, 2.05) is 29.6 Å². The molecule has 4 heterocycles. The minimum absolute atomic E-state index is 0.0451. The van der Waals surface area contributed by atoms with E-state index in [2.05, 4.69) is 20.4 Å². The first-order chi connectivity index (χ1) is 16.4. The monoisotopic (exact) mass is 479 g/mol. The van der Waals surface area contributed by atoms with Crippen molar-refractivity contribution in [1.29, 1.82) is 0 Å². The van der Waals surface area contributed by atoms with Gasteiger partial charge < -0.3 is 5.32 Å². The fraction of sp³-hybridized carbons (Fsp3) is 0.0833. The second-order valence-electron chi connectivity index (χ2n) is 7.36. The number of hydrogen-bond acceptors (Lipinski definition) is 5. The SMILES string of the molecule is O=C(NCc1ccc(C(F)(F)F)cc1)c1nn(-c2ccccn2)c2nccc(-c3cccs3)c12. The number of thiophene rings is 1.